The molecular formula is C22H26FN7O. The van der Waals surface area contributed by atoms with Gasteiger partial charge in [0.05, 0.1) is 52.4 Å². The molecule has 1 amide bonds. The second-order valence-corrected chi connectivity index (χ2v) is 8.18. The van der Waals surface area contributed by atoms with Crippen LogP contribution in [0.1, 0.15) is 42.1 Å². The topological polar surface area (TPSA) is 124 Å². The molecular weight excluding hydrogens is 397 g/mol. The van der Waals surface area contributed by atoms with Crippen LogP contribution >= 0.6 is 0 Å². The van der Waals surface area contributed by atoms with E-state index in [2.05, 4.69) is 20.7 Å². The maximum atomic E-state index is 14.8. The quantitative estimate of drug-likeness (QED) is 0.462. The van der Waals surface area contributed by atoms with Crippen LogP contribution in [0.3, 0.4) is 0 Å². The lowest BCUT2D eigenvalue weighted by Gasteiger charge is -2.46. The number of aromatic nitrogens is 3. The molecule has 1 fully saturated rings. The molecule has 2 heterocycles. The fourth-order valence-electron chi connectivity index (χ4n) is 3.83. The number of hydrogen-bond donors (Lipinski definition) is 4. The van der Waals surface area contributed by atoms with Crippen molar-refractivity contribution in [2.24, 2.45) is 11.5 Å². The third-order valence-electron chi connectivity index (χ3n) is 5.85. The number of halogens is 1. The molecule has 0 aliphatic heterocycles. The SMILES string of the molecule is Cc1cnn(-c2cncc(Nc3cc(NC4([C@H](C)N)CCC4)c(F)cc3C(N)=O)c2)c1. The van der Waals surface area contributed by atoms with E-state index in [4.69, 9.17) is 11.5 Å². The molecule has 0 unspecified atom stereocenters. The van der Waals surface area contributed by atoms with Crippen molar-refractivity contribution in [3.05, 3.63) is 59.9 Å². The number of nitrogens with zero attached hydrogens (tertiary/aromatic N) is 3. The van der Waals surface area contributed by atoms with Gasteiger partial charge in [-0.3, -0.25) is 9.78 Å². The molecule has 2 aromatic heterocycles. The van der Waals surface area contributed by atoms with Gasteiger partial charge in [0.2, 0.25) is 0 Å². The molecule has 0 bridgehead atoms. The van der Waals surface area contributed by atoms with Crippen LogP contribution in [0, 0.1) is 12.7 Å². The van der Waals surface area contributed by atoms with Crippen LogP contribution in [-0.2, 0) is 0 Å². The minimum Gasteiger partial charge on any atom is -0.376 e. The van der Waals surface area contributed by atoms with Gasteiger partial charge in [0, 0.05) is 12.2 Å². The van der Waals surface area contributed by atoms with Crippen LogP contribution in [0.25, 0.3) is 5.69 Å². The molecule has 9 heteroatoms. The average molecular weight is 423 g/mol. The summed E-state index contributed by atoms with van der Waals surface area (Å²) in [6.45, 7) is 3.86. The first kappa shape index (κ1) is 20.8. The van der Waals surface area contributed by atoms with Gasteiger partial charge in [-0.25, -0.2) is 9.07 Å². The molecule has 31 heavy (non-hydrogen) atoms. The predicted molar refractivity (Wildman–Crippen MR) is 118 cm³/mol. The van der Waals surface area contributed by atoms with Crippen LogP contribution in [0.2, 0.25) is 0 Å². The average Bonchev–Trinajstić information content (AvgIpc) is 3.12. The van der Waals surface area contributed by atoms with E-state index in [1.165, 1.54) is 0 Å². The molecule has 4 rings (SSSR count). The summed E-state index contributed by atoms with van der Waals surface area (Å²) in [5.74, 6) is -1.28. The molecule has 0 radical (unpaired) electrons. The number of rotatable bonds is 7. The Morgan fingerprint density at radius 2 is 2.00 bits per heavy atom. The van der Waals surface area contributed by atoms with Gasteiger partial charge >= 0.3 is 0 Å². The first-order valence-corrected chi connectivity index (χ1v) is 10.2. The lowest BCUT2D eigenvalue weighted by atomic mass is 9.72. The van der Waals surface area contributed by atoms with Crippen molar-refractivity contribution in [3.63, 3.8) is 0 Å². The Morgan fingerprint density at radius 1 is 1.23 bits per heavy atom. The predicted octanol–water partition coefficient (Wildman–Crippen LogP) is 3.24. The second-order valence-electron chi connectivity index (χ2n) is 8.18. The number of nitrogens with two attached hydrogens (primary N) is 2. The third kappa shape index (κ3) is 4.09. The molecule has 1 saturated carbocycles. The highest BCUT2D eigenvalue weighted by molar-refractivity contribution is 6.00. The normalized spacial score (nSPS) is 15.7. The van der Waals surface area contributed by atoms with Crippen LogP contribution in [0.5, 0.6) is 0 Å². The van der Waals surface area contributed by atoms with Gasteiger partial charge in [0.25, 0.3) is 5.91 Å². The molecule has 0 saturated heterocycles. The maximum Gasteiger partial charge on any atom is 0.250 e. The van der Waals surface area contributed by atoms with Gasteiger partial charge in [-0.05, 0) is 56.9 Å². The lowest BCUT2D eigenvalue weighted by Crippen LogP contribution is -2.57. The Kier molecular flexibility index (Phi) is 5.36. The number of anilines is 3. The number of primary amides is 1. The van der Waals surface area contributed by atoms with Gasteiger partial charge in [0.1, 0.15) is 5.82 Å². The van der Waals surface area contributed by atoms with Gasteiger partial charge in [-0.1, -0.05) is 0 Å². The van der Waals surface area contributed by atoms with Crippen molar-refractivity contribution < 1.29 is 9.18 Å². The molecule has 8 nitrogen and oxygen atoms in total. The molecule has 1 aliphatic rings. The molecule has 0 spiro atoms. The Hall–Kier alpha value is -3.46. The van der Waals surface area contributed by atoms with Crippen LogP contribution < -0.4 is 22.1 Å². The first-order chi connectivity index (χ1) is 14.8. The van der Waals surface area contributed by atoms with E-state index >= 15 is 0 Å². The van der Waals surface area contributed by atoms with Crippen molar-refractivity contribution in [3.8, 4) is 5.69 Å². The largest absolute Gasteiger partial charge is 0.376 e. The van der Waals surface area contributed by atoms with Crippen LogP contribution in [0.4, 0.5) is 21.5 Å². The van der Waals surface area contributed by atoms with Gasteiger partial charge in [-0.15, -0.1) is 0 Å². The summed E-state index contributed by atoms with van der Waals surface area (Å²) >= 11 is 0. The zero-order valence-corrected chi connectivity index (χ0v) is 17.5. The fraction of sp³-hybridized carbons (Fsp3) is 0.318. The summed E-state index contributed by atoms with van der Waals surface area (Å²) in [5.41, 5.74) is 14.4. The van der Waals surface area contributed by atoms with Crippen molar-refractivity contribution in [2.75, 3.05) is 10.6 Å². The zero-order valence-electron chi connectivity index (χ0n) is 17.5. The Bertz CT molecular complexity index is 1120. The maximum absolute atomic E-state index is 14.8. The number of amides is 1. The summed E-state index contributed by atoms with van der Waals surface area (Å²) in [4.78, 5) is 16.2. The van der Waals surface area contributed by atoms with Crippen molar-refractivity contribution in [1.29, 1.82) is 0 Å². The number of carbonyl (C=O) groups is 1. The van der Waals surface area contributed by atoms with Crippen molar-refractivity contribution in [1.82, 2.24) is 14.8 Å². The van der Waals surface area contributed by atoms with E-state index in [-0.39, 0.29) is 22.8 Å². The molecule has 6 N–H and O–H groups in total. The second kappa shape index (κ2) is 7.99. The molecule has 162 valence electrons. The summed E-state index contributed by atoms with van der Waals surface area (Å²) in [6, 6.07) is 4.39. The van der Waals surface area contributed by atoms with E-state index < -0.39 is 11.7 Å². The van der Waals surface area contributed by atoms with Crippen molar-refractivity contribution >= 4 is 23.0 Å². The van der Waals surface area contributed by atoms with Gasteiger partial charge in [-0.2, -0.15) is 5.10 Å². The minimum absolute atomic E-state index is 0.0480. The highest BCUT2D eigenvalue weighted by atomic mass is 19.1. The first-order valence-electron chi connectivity index (χ1n) is 10.2. The number of carbonyl (C=O) groups excluding carboxylic acids is 1. The third-order valence-corrected chi connectivity index (χ3v) is 5.85. The van der Waals surface area contributed by atoms with E-state index in [1.807, 2.05) is 26.1 Å². The van der Waals surface area contributed by atoms with Crippen molar-refractivity contribution in [2.45, 2.75) is 44.7 Å². The van der Waals surface area contributed by atoms with E-state index in [0.717, 1.165) is 36.6 Å². The summed E-state index contributed by atoms with van der Waals surface area (Å²) < 4.78 is 16.5. The highest BCUT2D eigenvalue weighted by Crippen LogP contribution is 2.39. The summed E-state index contributed by atoms with van der Waals surface area (Å²) in [7, 11) is 0. The minimum atomic E-state index is -0.731. The molecule has 1 aliphatic carbocycles. The van der Waals surface area contributed by atoms with Crippen LogP contribution in [0.15, 0.2) is 43.0 Å². The lowest BCUT2D eigenvalue weighted by molar-refractivity contribution is 0.100. The van der Waals surface area contributed by atoms with Gasteiger partial charge in [0.15, 0.2) is 0 Å². The molecule has 3 aromatic rings. The van der Waals surface area contributed by atoms with E-state index in [0.29, 0.717) is 11.4 Å². The molecule has 1 atom stereocenters. The van der Waals surface area contributed by atoms with E-state index in [1.54, 1.807) is 29.3 Å². The Morgan fingerprint density at radius 3 is 2.58 bits per heavy atom. The van der Waals surface area contributed by atoms with E-state index in [9.17, 15) is 9.18 Å². The number of pyridine rings is 1. The highest BCUT2D eigenvalue weighted by Gasteiger charge is 2.40. The Balaban J connectivity index is 1.68. The monoisotopic (exact) mass is 423 g/mol. The number of nitrogens with one attached hydrogen (secondary N) is 2. The smallest absolute Gasteiger partial charge is 0.250 e. The number of benzene rings is 1. The Labute approximate surface area is 179 Å². The summed E-state index contributed by atoms with van der Waals surface area (Å²) in [5, 5.41) is 10.7. The van der Waals surface area contributed by atoms with Crippen LogP contribution in [-0.4, -0.2) is 32.3 Å². The standard InChI is InChI=1S/C22H26FN7O/c1-13-9-27-30(12-13)16-6-15(10-26-11-16)28-19-8-20(18(23)7-17(19)21(25)31)29-22(14(2)24)4-3-5-22/h6-12,14,28-29H,3-5,24H2,1-2H3,(H2,25,31)/t14-/m0/s1. The fourth-order valence-corrected chi connectivity index (χ4v) is 3.83. The number of hydrogen-bond acceptors (Lipinski definition) is 6. The zero-order chi connectivity index (χ0) is 22.2. The number of aryl methyl sites for hydroxylation is 1. The summed E-state index contributed by atoms with van der Waals surface area (Å²) in [6.07, 6.45) is 9.66. The molecule has 1 aromatic carbocycles. The van der Waals surface area contributed by atoms with Gasteiger partial charge < -0.3 is 22.1 Å².